The van der Waals surface area contributed by atoms with E-state index in [2.05, 4.69) is 21.7 Å². The van der Waals surface area contributed by atoms with Gasteiger partial charge in [-0.1, -0.05) is 18.2 Å². The second-order valence-corrected chi connectivity index (χ2v) is 5.46. The summed E-state index contributed by atoms with van der Waals surface area (Å²) in [7, 11) is 0. The Kier molecular flexibility index (Phi) is 3.83. The zero-order valence-corrected chi connectivity index (χ0v) is 12.1. The maximum Gasteiger partial charge on any atom is 0.339 e. The van der Waals surface area contributed by atoms with E-state index in [0.29, 0.717) is 12.2 Å². The largest absolute Gasteiger partial charge is 0.478 e. The van der Waals surface area contributed by atoms with Crippen molar-refractivity contribution in [3.63, 3.8) is 0 Å². The van der Waals surface area contributed by atoms with Crippen molar-refractivity contribution < 1.29 is 9.90 Å². The first-order valence-electron chi connectivity index (χ1n) is 6.61. The molecule has 2 heterocycles. The number of hydrogen-bond acceptors (Lipinski definition) is 4. The van der Waals surface area contributed by atoms with Crippen molar-refractivity contribution in [2.45, 2.75) is 6.42 Å². The summed E-state index contributed by atoms with van der Waals surface area (Å²) in [6.45, 7) is 0.686. The minimum atomic E-state index is -0.966. The van der Waals surface area contributed by atoms with E-state index in [4.69, 9.17) is 0 Å². The van der Waals surface area contributed by atoms with Gasteiger partial charge < -0.3 is 10.4 Å². The monoisotopic (exact) mass is 298 g/mol. The fourth-order valence-electron chi connectivity index (χ4n) is 2.26. The van der Waals surface area contributed by atoms with Crippen molar-refractivity contribution in [3.05, 3.63) is 58.4 Å². The van der Waals surface area contributed by atoms with E-state index in [1.807, 2.05) is 29.6 Å². The Morgan fingerprint density at radius 3 is 2.90 bits per heavy atom. The number of anilines is 1. The Labute approximate surface area is 126 Å². The Balaban J connectivity index is 1.90. The third-order valence-electron chi connectivity index (χ3n) is 3.30. The molecule has 0 unspecified atom stereocenters. The Hall–Kier alpha value is -2.40. The van der Waals surface area contributed by atoms with E-state index < -0.39 is 5.97 Å². The number of carboxylic acid groups (broad SMARTS) is 1. The van der Waals surface area contributed by atoms with Crippen LogP contribution >= 0.6 is 11.3 Å². The topological polar surface area (TPSA) is 62.2 Å². The molecule has 2 aromatic heterocycles. The van der Waals surface area contributed by atoms with Crippen LogP contribution in [-0.2, 0) is 6.42 Å². The molecule has 0 radical (unpaired) electrons. The molecule has 2 N–H and O–H groups in total. The molecule has 3 aromatic rings. The van der Waals surface area contributed by atoms with Gasteiger partial charge in [0.25, 0.3) is 0 Å². The van der Waals surface area contributed by atoms with Crippen LogP contribution in [0.5, 0.6) is 0 Å². The van der Waals surface area contributed by atoms with E-state index >= 15 is 0 Å². The van der Waals surface area contributed by atoms with Crippen LogP contribution in [-0.4, -0.2) is 22.6 Å². The number of fused-ring (bicyclic) bond motifs is 1. The van der Waals surface area contributed by atoms with Crippen LogP contribution in [0.25, 0.3) is 10.9 Å². The fourth-order valence-corrected chi connectivity index (χ4v) is 2.96. The van der Waals surface area contributed by atoms with E-state index in [0.717, 1.165) is 17.3 Å². The molecule has 106 valence electrons. The molecule has 0 aliphatic rings. The molecule has 0 saturated carbocycles. The van der Waals surface area contributed by atoms with Crippen molar-refractivity contribution in [3.8, 4) is 0 Å². The van der Waals surface area contributed by atoms with Crippen molar-refractivity contribution in [2.75, 3.05) is 11.9 Å². The minimum Gasteiger partial charge on any atom is -0.478 e. The molecule has 0 fully saturated rings. The molecular formula is C16H14N2O2S. The molecule has 0 atom stereocenters. The number of para-hydroxylation sites is 1. The smallest absolute Gasteiger partial charge is 0.339 e. The molecule has 0 bridgehead atoms. The van der Waals surface area contributed by atoms with Gasteiger partial charge in [-0.25, -0.2) is 4.79 Å². The fraction of sp³-hybridized carbons (Fsp3) is 0.125. The molecule has 0 amide bonds. The van der Waals surface area contributed by atoms with Crippen LogP contribution < -0.4 is 5.32 Å². The first-order chi connectivity index (χ1) is 10.3. The van der Waals surface area contributed by atoms with Crippen molar-refractivity contribution in [1.82, 2.24) is 4.98 Å². The van der Waals surface area contributed by atoms with E-state index in [-0.39, 0.29) is 5.56 Å². The van der Waals surface area contributed by atoms with Gasteiger partial charge in [0.05, 0.1) is 11.2 Å². The zero-order valence-electron chi connectivity index (χ0n) is 11.2. The van der Waals surface area contributed by atoms with Gasteiger partial charge in [-0.05, 0) is 34.9 Å². The molecule has 4 nitrogen and oxygen atoms in total. The molecule has 0 aliphatic carbocycles. The number of pyridine rings is 1. The highest BCUT2D eigenvalue weighted by molar-refractivity contribution is 7.07. The molecule has 3 rings (SSSR count). The lowest BCUT2D eigenvalue weighted by Crippen LogP contribution is -2.10. The van der Waals surface area contributed by atoms with Gasteiger partial charge in [-0.3, -0.25) is 4.98 Å². The van der Waals surface area contributed by atoms with Gasteiger partial charge in [0, 0.05) is 18.1 Å². The standard InChI is InChI=1S/C16H14N2O2S/c19-16(20)13-9-18-14-4-2-1-3-12(14)15(13)17-7-5-11-6-8-21-10-11/h1-4,6,8-10H,5,7H2,(H,17,18)(H,19,20). The molecular weight excluding hydrogens is 284 g/mol. The highest BCUT2D eigenvalue weighted by Crippen LogP contribution is 2.26. The molecule has 21 heavy (non-hydrogen) atoms. The van der Waals surface area contributed by atoms with Crippen LogP contribution in [0, 0.1) is 0 Å². The summed E-state index contributed by atoms with van der Waals surface area (Å²) in [6, 6.07) is 9.63. The third kappa shape index (κ3) is 2.87. The Bertz CT molecular complexity index is 769. The van der Waals surface area contributed by atoms with Gasteiger partial charge in [0.1, 0.15) is 5.56 Å². The normalized spacial score (nSPS) is 10.7. The first kappa shape index (κ1) is 13.6. The summed E-state index contributed by atoms with van der Waals surface area (Å²) in [5, 5.41) is 17.6. The van der Waals surface area contributed by atoms with Crippen molar-refractivity contribution >= 4 is 33.9 Å². The number of aromatic carboxylic acids is 1. The highest BCUT2D eigenvalue weighted by atomic mass is 32.1. The van der Waals surface area contributed by atoms with Crippen molar-refractivity contribution in [2.24, 2.45) is 0 Å². The van der Waals surface area contributed by atoms with Crippen LogP contribution in [0.15, 0.2) is 47.3 Å². The van der Waals surface area contributed by atoms with E-state index in [1.54, 1.807) is 11.3 Å². The average Bonchev–Trinajstić information content (AvgIpc) is 3.00. The summed E-state index contributed by atoms with van der Waals surface area (Å²) in [6.07, 6.45) is 2.27. The zero-order chi connectivity index (χ0) is 14.7. The number of carboxylic acids is 1. The summed E-state index contributed by atoms with van der Waals surface area (Å²) >= 11 is 1.66. The van der Waals surface area contributed by atoms with Gasteiger partial charge in [0.15, 0.2) is 0 Å². The first-order valence-corrected chi connectivity index (χ1v) is 7.56. The molecule has 5 heteroatoms. The second kappa shape index (κ2) is 5.93. The lowest BCUT2D eigenvalue weighted by molar-refractivity contribution is 0.0697. The predicted octanol–water partition coefficient (Wildman–Crippen LogP) is 3.65. The number of hydrogen-bond donors (Lipinski definition) is 2. The van der Waals surface area contributed by atoms with Gasteiger partial charge in [-0.2, -0.15) is 11.3 Å². The number of carbonyl (C=O) groups is 1. The maximum absolute atomic E-state index is 11.4. The maximum atomic E-state index is 11.4. The number of nitrogens with one attached hydrogen (secondary N) is 1. The quantitative estimate of drug-likeness (QED) is 0.754. The molecule has 0 saturated heterocycles. The van der Waals surface area contributed by atoms with Crippen LogP contribution in [0.2, 0.25) is 0 Å². The minimum absolute atomic E-state index is 0.207. The van der Waals surface area contributed by atoms with Crippen molar-refractivity contribution in [1.29, 1.82) is 0 Å². The number of thiophene rings is 1. The van der Waals surface area contributed by atoms with Gasteiger partial charge in [0.2, 0.25) is 0 Å². The van der Waals surface area contributed by atoms with E-state index in [9.17, 15) is 9.90 Å². The number of rotatable bonds is 5. The van der Waals surface area contributed by atoms with Crippen LogP contribution in [0.4, 0.5) is 5.69 Å². The van der Waals surface area contributed by atoms with Crippen LogP contribution in [0.1, 0.15) is 15.9 Å². The van der Waals surface area contributed by atoms with Gasteiger partial charge >= 0.3 is 5.97 Å². The average molecular weight is 298 g/mol. The molecule has 1 aromatic carbocycles. The summed E-state index contributed by atoms with van der Waals surface area (Å²) in [4.78, 5) is 15.6. The highest BCUT2D eigenvalue weighted by Gasteiger charge is 2.13. The Morgan fingerprint density at radius 2 is 2.14 bits per heavy atom. The molecule has 0 aliphatic heterocycles. The summed E-state index contributed by atoms with van der Waals surface area (Å²) < 4.78 is 0. The predicted molar refractivity (Wildman–Crippen MR) is 85.2 cm³/mol. The third-order valence-corrected chi connectivity index (χ3v) is 4.03. The summed E-state index contributed by atoms with van der Waals surface area (Å²) in [5.41, 5.74) is 2.89. The molecule has 0 spiro atoms. The number of benzene rings is 1. The summed E-state index contributed by atoms with van der Waals surface area (Å²) in [5.74, 6) is -0.966. The van der Waals surface area contributed by atoms with E-state index in [1.165, 1.54) is 11.8 Å². The Morgan fingerprint density at radius 1 is 1.29 bits per heavy atom. The lowest BCUT2D eigenvalue weighted by Gasteiger charge is -2.12. The van der Waals surface area contributed by atoms with Gasteiger partial charge in [-0.15, -0.1) is 0 Å². The van der Waals surface area contributed by atoms with Crippen LogP contribution in [0.3, 0.4) is 0 Å². The second-order valence-electron chi connectivity index (χ2n) is 4.68. The number of aromatic nitrogens is 1. The SMILES string of the molecule is O=C(O)c1cnc2ccccc2c1NCCc1ccsc1. The lowest BCUT2D eigenvalue weighted by atomic mass is 10.1. The number of nitrogens with zero attached hydrogens (tertiary/aromatic N) is 1.